The average molecular weight is 370 g/mol. The van der Waals surface area contributed by atoms with Crippen molar-refractivity contribution in [3.8, 4) is 0 Å². The van der Waals surface area contributed by atoms with E-state index < -0.39 is 0 Å². The second-order valence-electron chi connectivity index (χ2n) is 5.69. The molecule has 0 bridgehead atoms. The molecule has 21 heavy (non-hydrogen) atoms. The van der Waals surface area contributed by atoms with Gasteiger partial charge in [-0.3, -0.25) is 15.1 Å². The number of aromatic nitrogens is 1. The van der Waals surface area contributed by atoms with Crippen LogP contribution in [0.5, 0.6) is 0 Å². The Balaban J connectivity index is 1.91. The molecule has 2 rings (SSSR count). The highest BCUT2D eigenvalue weighted by molar-refractivity contribution is 9.10. The number of carbonyl (C=O) groups is 1. The van der Waals surface area contributed by atoms with Gasteiger partial charge in [-0.25, -0.2) is 0 Å². The molecule has 1 aromatic heterocycles. The smallest absolute Gasteiger partial charge is 0.259 e. The normalized spacial score (nSPS) is 25.2. The lowest BCUT2D eigenvalue weighted by molar-refractivity contribution is 0.0975. The lowest BCUT2D eigenvalue weighted by atomic mass is 9.78. The monoisotopic (exact) mass is 369 g/mol. The topological polar surface area (TPSA) is 54.0 Å². The second kappa shape index (κ2) is 7.31. The SMILES string of the molecule is C[C@@H]1[C@@H](C)CCC[C@H]1NC(=S)NC(=O)c1cncc(Br)c1. The van der Waals surface area contributed by atoms with Crippen molar-refractivity contribution in [3.63, 3.8) is 0 Å². The number of amides is 1. The van der Waals surface area contributed by atoms with Crippen LogP contribution < -0.4 is 10.6 Å². The van der Waals surface area contributed by atoms with Gasteiger partial charge < -0.3 is 5.32 Å². The van der Waals surface area contributed by atoms with Gasteiger partial charge in [0, 0.05) is 22.9 Å². The molecule has 1 heterocycles. The third-order valence-electron chi connectivity index (χ3n) is 4.22. The zero-order chi connectivity index (χ0) is 15.4. The van der Waals surface area contributed by atoms with Gasteiger partial charge in [-0.05, 0) is 52.5 Å². The van der Waals surface area contributed by atoms with Gasteiger partial charge in [0.05, 0.1) is 5.56 Å². The van der Waals surface area contributed by atoms with Gasteiger partial charge in [-0.15, -0.1) is 0 Å². The molecule has 1 aliphatic carbocycles. The number of hydrogen-bond donors (Lipinski definition) is 2. The van der Waals surface area contributed by atoms with Gasteiger partial charge in [-0.1, -0.05) is 26.7 Å². The highest BCUT2D eigenvalue weighted by atomic mass is 79.9. The predicted octanol–water partition coefficient (Wildman–Crippen LogP) is 3.27. The Hall–Kier alpha value is -1.01. The highest BCUT2D eigenvalue weighted by Gasteiger charge is 2.27. The Bertz CT molecular complexity index is 537. The lowest BCUT2D eigenvalue weighted by Crippen LogP contribution is -2.49. The zero-order valence-corrected chi connectivity index (χ0v) is 14.6. The molecule has 0 aromatic carbocycles. The zero-order valence-electron chi connectivity index (χ0n) is 12.2. The number of thiocarbonyl (C=S) groups is 1. The van der Waals surface area contributed by atoms with Crippen molar-refractivity contribution in [1.82, 2.24) is 15.6 Å². The van der Waals surface area contributed by atoms with E-state index in [0.29, 0.717) is 28.6 Å². The van der Waals surface area contributed by atoms with Crippen LogP contribution in [-0.2, 0) is 0 Å². The van der Waals surface area contributed by atoms with Crippen LogP contribution in [-0.4, -0.2) is 22.0 Å². The molecular formula is C15H20BrN3OS. The average Bonchev–Trinajstić information content (AvgIpc) is 2.44. The van der Waals surface area contributed by atoms with E-state index in [2.05, 4.69) is 45.4 Å². The molecule has 0 saturated heterocycles. The molecule has 2 N–H and O–H groups in total. The number of pyridine rings is 1. The van der Waals surface area contributed by atoms with Crippen molar-refractivity contribution >= 4 is 39.2 Å². The minimum absolute atomic E-state index is 0.238. The summed E-state index contributed by atoms with van der Waals surface area (Å²) in [5, 5.41) is 6.40. The fourth-order valence-electron chi connectivity index (χ4n) is 2.70. The summed E-state index contributed by atoms with van der Waals surface area (Å²) in [5.74, 6) is 1.00. The number of hydrogen-bond acceptors (Lipinski definition) is 3. The number of halogens is 1. The van der Waals surface area contributed by atoms with Gasteiger partial charge in [-0.2, -0.15) is 0 Å². The minimum atomic E-state index is -0.238. The van der Waals surface area contributed by atoms with E-state index in [-0.39, 0.29) is 5.91 Å². The van der Waals surface area contributed by atoms with Gasteiger partial charge in [0.25, 0.3) is 5.91 Å². The highest BCUT2D eigenvalue weighted by Crippen LogP contribution is 2.29. The van der Waals surface area contributed by atoms with Crippen LogP contribution in [0, 0.1) is 11.8 Å². The third-order valence-corrected chi connectivity index (χ3v) is 4.87. The summed E-state index contributed by atoms with van der Waals surface area (Å²) in [5.41, 5.74) is 0.485. The van der Waals surface area contributed by atoms with E-state index in [4.69, 9.17) is 12.2 Å². The molecular weight excluding hydrogens is 350 g/mol. The van der Waals surface area contributed by atoms with Crippen LogP contribution in [0.15, 0.2) is 22.9 Å². The van der Waals surface area contributed by atoms with E-state index in [1.807, 2.05) is 0 Å². The molecule has 4 nitrogen and oxygen atoms in total. The van der Waals surface area contributed by atoms with E-state index in [9.17, 15) is 4.79 Å². The second-order valence-corrected chi connectivity index (χ2v) is 7.02. The van der Waals surface area contributed by atoms with Crippen LogP contribution in [0.3, 0.4) is 0 Å². The standard InChI is InChI=1S/C15H20BrN3OS/c1-9-4-3-5-13(10(9)2)18-15(21)19-14(20)11-6-12(16)8-17-7-11/h6-10,13H,3-5H2,1-2H3,(H2,18,19,20,21)/t9-,10+,13+/m0/s1. The van der Waals surface area contributed by atoms with Crippen molar-refractivity contribution in [2.24, 2.45) is 11.8 Å². The number of carbonyl (C=O) groups excluding carboxylic acids is 1. The van der Waals surface area contributed by atoms with Gasteiger partial charge in [0.2, 0.25) is 0 Å². The molecule has 1 amide bonds. The Morgan fingerprint density at radius 1 is 1.38 bits per heavy atom. The van der Waals surface area contributed by atoms with Crippen LogP contribution in [0.2, 0.25) is 0 Å². The van der Waals surface area contributed by atoms with Crippen LogP contribution in [0.1, 0.15) is 43.5 Å². The first-order valence-corrected chi connectivity index (χ1v) is 8.40. The molecule has 1 aliphatic rings. The fraction of sp³-hybridized carbons (Fsp3) is 0.533. The Labute approximate surface area is 139 Å². The number of nitrogens with zero attached hydrogens (tertiary/aromatic N) is 1. The molecule has 0 radical (unpaired) electrons. The molecule has 6 heteroatoms. The fourth-order valence-corrected chi connectivity index (χ4v) is 3.31. The first-order valence-electron chi connectivity index (χ1n) is 7.19. The molecule has 114 valence electrons. The molecule has 1 saturated carbocycles. The number of rotatable bonds is 2. The quantitative estimate of drug-likeness (QED) is 0.785. The van der Waals surface area contributed by atoms with Crippen molar-refractivity contribution in [3.05, 3.63) is 28.5 Å². The first kappa shape index (κ1) is 16.4. The Morgan fingerprint density at radius 2 is 2.14 bits per heavy atom. The lowest BCUT2D eigenvalue weighted by Gasteiger charge is -2.35. The first-order chi connectivity index (χ1) is 9.97. The maximum Gasteiger partial charge on any atom is 0.259 e. The molecule has 1 aromatic rings. The molecule has 0 spiro atoms. The van der Waals surface area contributed by atoms with Crippen molar-refractivity contribution in [2.45, 2.75) is 39.2 Å². The summed E-state index contributed by atoms with van der Waals surface area (Å²) in [6.07, 6.45) is 6.73. The third kappa shape index (κ3) is 4.48. The molecule has 1 fully saturated rings. The maximum absolute atomic E-state index is 12.1. The Kier molecular flexibility index (Phi) is 5.70. The van der Waals surface area contributed by atoms with Crippen molar-refractivity contribution < 1.29 is 4.79 Å². The Morgan fingerprint density at radius 3 is 2.86 bits per heavy atom. The van der Waals surface area contributed by atoms with Gasteiger partial charge in [0.1, 0.15) is 0 Å². The van der Waals surface area contributed by atoms with Crippen molar-refractivity contribution in [1.29, 1.82) is 0 Å². The van der Waals surface area contributed by atoms with Crippen LogP contribution >= 0.6 is 28.1 Å². The van der Waals surface area contributed by atoms with E-state index in [0.717, 1.165) is 10.9 Å². The summed E-state index contributed by atoms with van der Waals surface area (Å²) >= 11 is 8.56. The predicted molar refractivity (Wildman–Crippen MR) is 91.1 cm³/mol. The van der Waals surface area contributed by atoms with Gasteiger partial charge in [0.15, 0.2) is 5.11 Å². The molecule has 0 aliphatic heterocycles. The molecule has 0 unspecified atom stereocenters. The van der Waals surface area contributed by atoms with E-state index >= 15 is 0 Å². The minimum Gasteiger partial charge on any atom is -0.359 e. The van der Waals surface area contributed by atoms with Crippen LogP contribution in [0.4, 0.5) is 0 Å². The van der Waals surface area contributed by atoms with Crippen molar-refractivity contribution in [2.75, 3.05) is 0 Å². The summed E-state index contributed by atoms with van der Waals surface area (Å²) in [6.45, 7) is 4.51. The van der Waals surface area contributed by atoms with Crippen LogP contribution in [0.25, 0.3) is 0 Å². The summed E-state index contributed by atoms with van der Waals surface area (Å²) < 4.78 is 0.767. The maximum atomic E-state index is 12.1. The largest absolute Gasteiger partial charge is 0.359 e. The summed E-state index contributed by atoms with van der Waals surface area (Å²) in [4.78, 5) is 16.1. The number of nitrogens with one attached hydrogen (secondary N) is 2. The summed E-state index contributed by atoms with van der Waals surface area (Å²) in [7, 11) is 0. The molecule has 3 atom stereocenters. The van der Waals surface area contributed by atoms with E-state index in [1.165, 1.54) is 19.0 Å². The van der Waals surface area contributed by atoms with Gasteiger partial charge >= 0.3 is 0 Å². The summed E-state index contributed by atoms with van der Waals surface area (Å²) in [6, 6.07) is 2.05. The van der Waals surface area contributed by atoms with E-state index in [1.54, 1.807) is 12.3 Å².